The van der Waals surface area contributed by atoms with Crippen LogP contribution in [-0.4, -0.2) is 79.3 Å². The second-order valence-corrected chi connectivity index (χ2v) is 10.9. The molecule has 7 N–H and O–H groups in total. The van der Waals surface area contributed by atoms with E-state index in [0.717, 1.165) is 11.8 Å². The van der Waals surface area contributed by atoms with Crippen molar-refractivity contribution in [2.45, 2.75) is 32.8 Å². The van der Waals surface area contributed by atoms with E-state index in [2.05, 4.69) is 19.5 Å². The predicted octanol–water partition coefficient (Wildman–Crippen LogP) is -1.04. The molecule has 2 amide bonds. The maximum absolute atomic E-state index is 12.0. The van der Waals surface area contributed by atoms with Gasteiger partial charge in [-0.3, -0.25) is 23.7 Å². The molecule has 0 saturated carbocycles. The zero-order valence-corrected chi connectivity index (χ0v) is 19.7. The molecule has 0 radical (unpaired) electrons. The fraction of sp³-hybridized carbons (Fsp3) is 0.714. The maximum atomic E-state index is 12.0. The number of aliphatic hydroxyl groups excluding tert-OH is 1. The van der Waals surface area contributed by atoms with Crippen molar-refractivity contribution >= 4 is 50.3 Å². The second-order valence-electron chi connectivity index (χ2n) is 6.89. The molecule has 32 heavy (non-hydrogen) atoms. The van der Waals surface area contributed by atoms with Crippen LogP contribution in [0.1, 0.15) is 26.7 Å². The van der Waals surface area contributed by atoms with Gasteiger partial charge < -0.3 is 35.5 Å². The van der Waals surface area contributed by atoms with E-state index in [9.17, 15) is 38.3 Å². The van der Waals surface area contributed by atoms with Gasteiger partial charge in [-0.05, 0) is 0 Å². The number of carboxylic acids is 1. The highest BCUT2D eigenvalue weighted by molar-refractivity contribution is 8.13. The van der Waals surface area contributed by atoms with Crippen LogP contribution in [0.25, 0.3) is 0 Å². The molecule has 0 aromatic heterocycles. The van der Waals surface area contributed by atoms with Crippen LogP contribution in [-0.2, 0) is 37.1 Å². The zero-order valence-electron chi connectivity index (χ0n) is 17.1. The molecule has 0 aromatic carbocycles. The molecule has 15 nitrogen and oxygen atoms in total. The van der Waals surface area contributed by atoms with Crippen LogP contribution >= 0.6 is 27.4 Å². The van der Waals surface area contributed by atoms with E-state index in [4.69, 9.17) is 14.9 Å². The lowest BCUT2D eigenvalue weighted by molar-refractivity contribution is -0.139. The standard InChI is InChI=1S/C14H26N2O13P2S/c1-14(2,8-28-31(26,27)29-30(23,24)25)12(21)13(22)16-4-3-9(17)15-5-6-32-11(20)7-10(18)19/h12,21H,3-8H2,1-2H3,(H,15,17)(H,16,22)(H,18,19)(H,26,27)(H2,23,24,25)/t12-/m0/s1. The highest BCUT2D eigenvalue weighted by Crippen LogP contribution is 2.58. The third-order valence-electron chi connectivity index (χ3n) is 3.43. The third-order valence-corrected chi connectivity index (χ3v) is 6.44. The summed E-state index contributed by atoms with van der Waals surface area (Å²) in [4.78, 5) is 71.5. The minimum Gasteiger partial charge on any atom is -0.481 e. The molecule has 2 atom stereocenters. The topological polar surface area (TPSA) is 246 Å². The van der Waals surface area contributed by atoms with Crippen LogP contribution < -0.4 is 10.6 Å². The SMILES string of the molecule is CC(C)(COP(=O)(O)OP(=O)(O)O)[C@@H](O)C(=O)NCCC(=O)NCCSC(=O)CC(=O)O. The van der Waals surface area contributed by atoms with Gasteiger partial charge in [-0.15, -0.1) is 0 Å². The summed E-state index contributed by atoms with van der Waals surface area (Å²) >= 11 is 0.752. The van der Waals surface area contributed by atoms with Crippen LogP contribution in [0, 0.1) is 5.41 Å². The van der Waals surface area contributed by atoms with Gasteiger partial charge >= 0.3 is 21.6 Å². The van der Waals surface area contributed by atoms with Gasteiger partial charge in [0.15, 0.2) is 5.12 Å². The zero-order chi connectivity index (χ0) is 25.2. The van der Waals surface area contributed by atoms with Crippen molar-refractivity contribution in [3.05, 3.63) is 0 Å². The average Bonchev–Trinajstić information content (AvgIpc) is 2.60. The number of amides is 2. The quantitative estimate of drug-likeness (QED) is 0.0768. The Balaban J connectivity index is 4.31. The highest BCUT2D eigenvalue weighted by Gasteiger charge is 2.39. The van der Waals surface area contributed by atoms with E-state index in [1.54, 1.807) is 0 Å². The Hall–Kier alpha value is -1.35. The Labute approximate surface area is 187 Å². The number of hydrogen-bond donors (Lipinski definition) is 7. The van der Waals surface area contributed by atoms with E-state index in [0.29, 0.717) is 0 Å². The lowest BCUT2D eigenvalue weighted by atomic mass is 9.87. The largest absolute Gasteiger partial charge is 0.481 e. The van der Waals surface area contributed by atoms with Gasteiger partial charge in [-0.2, -0.15) is 4.31 Å². The van der Waals surface area contributed by atoms with Gasteiger partial charge in [0.2, 0.25) is 11.8 Å². The lowest BCUT2D eigenvalue weighted by Crippen LogP contribution is -2.46. The normalized spacial score (nSPS) is 14.8. The summed E-state index contributed by atoms with van der Waals surface area (Å²) in [6, 6.07) is 0. The summed E-state index contributed by atoms with van der Waals surface area (Å²) in [5, 5.41) is 22.7. The highest BCUT2D eigenvalue weighted by atomic mass is 32.2. The summed E-state index contributed by atoms with van der Waals surface area (Å²) in [6.45, 7) is 1.67. The van der Waals surface area contributed by atoms with E-state index in [1.807, 2.05) is 0 Å². The number of nitrogens with one attached hydrogen (secondary N) is 2. The predicted molar refractivity (Wildman–Crippen MR) is 109 cm³/mol. The van der Waals surface area contributed by atoms with E-state index < -0.39 is 63.1 Å². The molecule has 0 spiro atoms. The van der Waals surface area contributed by atoms with Gasteiger partial charge in [-0.25, -0.2) is 9.13 Å². The van der Waals surface area contributed by atoms with E-state index >= 15 is 0 Å². The molecule has 186 valence electrons. The number of hydrogen-bond acceptors (Lipinski definition) is 10. The van der Waals surface area contributed by atoms with Gasteiger partial charge in [-0.1, -0.05) is 25.6 Å². The number of carboxylic acid groups (broad SMARTS) is 1. The molecular weight excluding hydrogens is 498 g/mol. The van der Waals surface area contributed by atoms with Crippen molar-refractivity contribution in [1.82, 2.24) is 10.6 Å². The number of carbonyl (C=O) groups is 4. The average molecular weight is 524 g/mol. The van der Waals surface area contributed by atoms with Crippen molar-refractivity contribution in [3.8, 4) is 0 Å². The summed E-state index contributed by atoms with van der Waals surface area (Å²) < 4.78 is 30.1. The molecule has 0 saturated heterocycles. The Morgan fingerprint density at radius 2 is 1.66 bits per heavy atom. The summed E-state index contributed by atoms with van der Waals surface area (Å²) in [7, 11) is -10.5. The number of rotatable bonds is 15. The van der Waals surface area contributed by atoms with E-state index in [-0.39, 0.29) is 25.3 Å². The first-order valence-electron chi connectivity index (χ1n) is 8.79. The molecule has 18 heteroatoms. The number of carbonyl (C=O) groups excluding carboxylic acids is 3. The summed E-state index contributed by atoms with van der Waals surface area (Å²) in [5.74, 6) is -2.51. The van der Waals surface area contributed by atoms with Crippen molar-refractivity contribution in [2.75, 3.05) is 25.4 Å². The molecule has 0 aromatic rings. The van der Waals surface area contributed by atoms with Crippen LogP contribution in [0.3, 0.4) is 0 Å². The lowest BCUT2D eigenvalue weighted by Gasteiger charge is -2.29. The van der Waals surface area contributed by atoms with Crippen molar-refractivity contribution < 1.29 is 62.0 Å². The second kappa shape index (κ2) is 13.4. The first-order valence-corrected chi connectivity index (χ1v) is 12.8. The Morgan fingerprint density at radius 3 is 2.19 bits per heavy atom. The van der Waals surface area contributed by atoms with Crippen molar-refractivity contribution in [2.24, 2.45) is 5.41 Å². The Bertz CT molecular complexity index is 785. The Morgan fingerprint density at radius 1 is 1.06 bits per heavy atom. The number of aliphatic hydroxyl groups is 1. The van der Waals surface area contributed by atoms with Gasteiger partial charge in [0, 0.05) is 30.7 Å². The smallest absolute Gasteiger partial charge is 0.481 e. The molecule has 0 aliphatic carbocycles. The molecule has 0 bridgehead atoms. The minimum atomic E-state index is -5.32. The number of phosphoric ester groups is 1. The third kappa shape index (κ3) is 14.7. The van der Waals surface area contributed by atoms with Gasteiger partial charge in [0.25, 0.3) is 0 Å². The Kier molecular flexibility index (Phi) is 12.8. The molecule has 0 aliphatic heterocycles. The molecular formula is C14H26N2O13P2S. The first-order chi connectivity index (χ1) is 14.4. The number of aliphatic carboxylic acids is 1. The molecule has 1 unspecified atom stereocenters. The maximum Gasteiger partial charge on any atom is 0.481 e. The summed E-state index contributed by atoms with van der Waals surface area (Å²) in [6.07, 6.45) is -2.58. The fourth-order valence-electron chi connectivity index (χ4n) is 1.85. The van der Waals surface area contributed by atoms with Crippen molar-refractivity contribution in [1.29, 1.82) is 0 Å². The van der Waals surface area contributed by atoms with Gasteiger partial charge in [0.05, 0.1) is 6.61 Å². The minimum absolute atomic E-state index is 0.0910. The van der Waals surface area contributed by atoms with Gasteiger partial charge in [0.1, 0.15) is 12.5 Å². The number of thioether (sulfide) groups is 1. The van der Waals surface area contributed by atoms with Crippen LogP contribution in [0.15, 0.2) is 0 Å². The molecule has 0 rings (SSSR count). The fourth-order valence-corrected chi connectivity index (χ4v) is 4.27. The van der Waals surface area contributed by atoms with Crippen LogP contribution in [0.5, 0.6) is 0 Å². The first kappa shape index (κ1) is 30.6. The van der Waals surface area contributed by atoms with E-state index in [1.165, 1.54) is 13.8 Å². The molecule has 0 fully saturated rings. The summed E-state index contributed by atoms with van der Waals surface area (Å²) in [5.41, 5.74) is -1.48. The monoisotopic (exact) mass is 524 g/mol. The van der Waals surface area contributed by atoms with Crippen molar-refractivity contribution in [3.63, 3.8) is 0 Å². The number of phosphoric acid groups is 2. The molecule has 0 aliphatic rings. The van der Waals surface area contributed by atoms with Crippen LogP contribution in [0.2, 0.25) is 0 Å². The van der Waals surface area contributed by atoms with Crippen LogP contribution in [0.4, 0.5) is 0 Å². The molecule has 0 heterocycles.